The number of H-pyrrole nitrogens is 2. The number of nitrogens with one attached hydrogen (secondary N) is 2. The summed E-state index contributed by atoms with van der Waals surface area (Å²) in [6.07, 6.45) is 0. The smallest absolute Gasteiger partial charge is 0.293 e. The van der Waals surface area contributed by atoms with E-state index in [-0.39, 0.29) is 77.2 Å². The minimum atomic E-state index is -4.06. The maximum absolute atomic E-state index is 12.9. The van der Waals surface area contributed by atoms with Crippen molar-refractivity contribution in [3.8, 4) is 0 Å². The topological polar surface area (TPSA) is 280 Å². The van der Waals surface area contributed by atoms with E-state index in [1.807, 2.05) is 0 Å². The fourth-order valence-electron chi connectivity index (χ4n) is 5.26. The molecular formula is C26H30N8O10S2. The Morgan fingerprint density at radius 2 is 1.15 bits per heavy atom. The summed E-state index contributed by atoms with van der Waals surface area (Å²) in [5, 5.41) is 11.6. The molecule has 4 heterocycles. The van der Waals surface area contributed by atoms with Crippen LogP contribution in [0, 0.1) is 10.1 Å². The molecule has 0 aliphatic carbocycles. The van der Waals surface area contributed by atoms with Gasteiger partial charge in [0.25, 0.3) is 17.5 Å². The van der Waals surface area contributed by atoms with Crippen LogP contribution in [0.25, 0.3) is 21.8 Å². The summed E-state index contributed by atoms with van der Waals surface area (Å²) in [6.45, 7) is 1.81. The van der Waals surface area contributed by atoms with Gasteiger partial charge in [-0.05, 0) is 6.07 Å². The monoisotopic (exact) mass is 678 g/mol. The molecule has 2 aliphatic heterocycles. The summed E-state index contributed by atoms with van der Waals surface area (Å²) >= 11 is 0. The van der Waals surface area contributed by atoms with Gasteiger partial charge in [-0.2, -0.15) is 8.61 Å². The molecule has 0 unspecified atom stereocenters. The van der Waals surface area contributed by atoms with Crippen LogP contribution in [0.3, 0.4) is 0 Å². The molecule has 0 bridgehead atoms. The second kappa shape index (κ2) is 12.7. The van der Waals surface area contributed by atoms with E-state index in [1.54, 1.807) is 18.2 Å². The number of anilines is 1. The van der Waals surface area contributed by atoms with Crippen LogP contribution in [0.4, 0.5) is 11.4 Å². The maximum Gasteiger partial charge on any atom is 0.293 e. The summed E-state index contributed by atoms with van der Waals surface area (Å²) in [5.41, 5.74) is 16.3. The number of nitrogens with zero attached hydrogens (tertiary/aromatic N) is 3. The molecule has 0 saturated carbocycles. The minimum Gasteiger partial charge on any atom is -0.397 e. The fraction of sp³-hybridized carbons (Fsp3) is 0.308. The first-order valence-corrected chi connectivity index (χ1v) is 16.6. The van der Waals surface area contributed by atoms with E-state index in [1.165, 1.54) is 26.8 Å². The van der Waals surface area contributed by atoms with Gasteiger partial charge >= 0.3 is 0 Å². The van der Waals surface area contributed by atoms with Gasteiger partial charge in [-0.15, -0.1) is 0 Å². The van der Waals surface area contributed by atoms with Gasteiger partial charge < -0.3 is 36.6 Å². The number of nitro benzene ring substituents is 1. The average Bonchev–Trinajstić information content (AvgIpc) is 3.64. The lowest BCUT2D eigenvalue weighted by Crippen LogP contribution is -2.41. The lowest BCUT2D eigenvalue weighted by atomic mass is 10.2. The zero-order valence-corrected chi connectivity index (χ0v) is 25.7. The number of aromatic amines is 2. The molecule has 8 N–H and O–H groups in total. The molecule has 0 spiro atoms. The zero-order valence-electron chi connectivity index (χ0n) is 24.1. The van der Waals surface area contributed by atoms with Crippen LogP contribution in [-0.4, -0.2) is 105 Å². The molecule has 2 fully saturated rings. The van der Waals surface area contributed by atoms with Crippen molar-refractivity contribution in [3.63, 3.8) is 0 Å². The molecule has 46 heavy (non-hydrogen) atoms. The number of amides is 2. The Balaban J connectivity index is 0.000000182. The first-order valence-electron chi connectivity index (χ1n) is 13.7. The summed E-state index contributed by atoms with van der Waals surface area (Å²) < 4.78 is 64.4. The number of sulfonamides is 2. The maximum atomic E-state index is 12.9. The second-order valence-electron chi connectivity index (χ2n) is 10.1. The number of primary amides is 2. The number of benzene rings is 2. The number of rotatable bonds is 7. The largest absolute Gasteiger partial charge is 0.397 e. The second-order valence-corrected chi connectivity index (χ2v) is 13.9. The van der Waals surface area contributed by atoms with Gasteiger partial charge in [0.05, 0.1) is 42.6 Å². The number of hydrogen-bond donors (Lipinski definition) is 5. The highest BCUT2D eigenvalue weighted by molar-refractivity contribution is 7.89. The highest BCUT2D eigenvalue weighted by Gasteiger charge is 2.36. The molecule has 2 aromatic heterocycles. The summed E-state index contributed by atoms with van der Waals surface area (Å²) in [7, 11) is -7.94. The lowest BCUT2D eigenvalue weighted by molar-refractivity contribution is -0.383. The molecule has 0 atom stereocenters. The fourth-order valence-corrected chi connectivity index (χ4v) is 8.75. The number of aromatic nitrogens is 2. The Morgan fingerprint density at radius 3 is 1.59 bits per heavy atom. The van der Waals surface area contributed by atoms with Crippen LogP contribution >= 0.6 is 0 Å². The molecule has 246 valence electrons. The summed E-state index contributed by atoms with van der Waals surface area (Å²) in [6, 6.07) is 8.83. The lowest BCUT2D eigenvalue weighted by Gasteiger charge is -2.26. The van der Waals surface area contributed by atoms with Crippen LogP contribution < -0.4 is 17.2 Å². The van der Waals surface area contributed by atoms with Crippen molar-refractivity contribution in [2.45, 2.75) is 9.79 Å². The van der Waals surface area contributed by atoms with Gasteiger partial charge in [-0.1, -0.05) is 24.3 Å². The van der Waals surface area contributed by atoms with Crippen molar-refractivity contribution >= 4 is 65.0 Å². The third kappa shape index (κ3) is 5.88. The molecule has 20 heteroatoms. The number of para-hydroxylation sites is 2. The number of morpholine rings is 2. The number of nitro groups is 1. The number of nitrogens with two attached hydrogens (primary N) is 3. The summed E-state index contributed by atoms with van der Waals surface area (Å²) in [4.78, 5) is 38.7. The predicted molar refractivity (Wildman–Crippen MR) is 164 cm³/mol. The normalized spacial score (nSPS) is 16.6. The molecule has 2 aromatic carbocycles. The number of carbonyl (C=O) groups excluding carboxylic acids is 2. The van der Waals surface area contributed by atoms with E-state index in [4.69, 9.17) is 26.7 Å². The third-order valence-electron chi connectivity index (χ3n) is 7.41. The number of fused-ring (bicyclic) bond motifs is 2. The highest BCUT2D eigenvalue weighted by Crippen LogP contribution is 2.35. The van der Waals surface area contributed by atoms with Crippen molar-refractivity contribution in [2.24, 2.45) is 11.5 Å². The average molecular weight is 679 g/mol. The van der Waals surface area contributed by atoms with Crippen LogP contribution in [0.5, 0.6) is 0 Å². The molecule has 2 saturated heterocycles. The van der Waals surface area contributed by atoms with Gasteiger partial charge in [-0.25, -0.2) is 16.8 Å². The molecule has 4 aromatic rings. The van der Waals surface area contributed by atoms with Gasteiger partial charge in [0.15, 0.2) is 0 Å². The summed E-state index contributed by atoms with van der Waals surface area (Å²) in [5.74, 6) is -1.85. The first kappa shape index (κ1) is 32.8. The van der Waals surface area contributed by atoms with Crippen LogP contribution in [0.1, 0.15) is 21.0 Å². The standard InChI is InChI=1S/C13H14N4O6S.C13H16N4O4S/c14-13(18)11-12(24(21,22)16-4-6-23-7-5-16)8-2-1-3-9(17(19)20)10(8)15-11;14-9-3-1-2-8-10(9)16-11(13(15)18)12(8)22(19,20)17-4-6-21-7-5-17/h1-3,15H,4-7H2,(H2,14,18);1-3,16H,4-7,14H2,(H2,15,18). The van der Waals surface area contributed by atoms with E-state index in [9.17, 15) is 36.5 Å². The third-order valence-corrected chi connectivity index (χ3v) is 11.4. The van der Waals surface area contributed by atoms with Crippen molar-refractivity contribution < 1.29 is 40.8 Å². The van der Waals surface area contributed by atoms with E-state index in [0.717, 1.165) is 0 Å². The number of hydrogen-bond acceptors (Lipinski definition) is 11. The Hall–Kier alpha value is -4.60. The van der Waals surface area contributed by atoms with Crippen molar-refractivity contribution in [1.82, 2.24) is 18.6 Å². The number of non-ortho nitro benzene ring substituents is 1. The minimum absolute atomic E-state index is 0.0527. The molecule has 0 radical (unpaired) electrons. The van der Waals surface area contributed by atoms with Crippen molar-refractivity contribution in [1.29, 1.82) is 0 Å². The van der Waals surface area contributed by atoms with E-state index >= 15 is 0 Å². The molecular weight excluding hydrogens is 648 g/mol. The molecule has 2 amide bonds. The van der Waals surface area contributed by atoms with E-state index in [0.29, 0.717) is 29.8 Å². The van der Waals surface area contributed by atoms with Gasteiger partial charge in [0.2, 0.25) is 20.0 Å². The van der Waals surface area contributed by atoms with Crippen LogP contribution in [-0.2, 0) is 29.5 Å². The Bertz CT molecular complexity index is 2060. The SMILES string of the molecule is NC(=O)c1[nH]c2c(N)cccc2c1S(=O)(=O)N1CCOCC1.NC(=O)c1[nH]c2c([N+](=O)[O-])cccc2c1S(=O)(=O)N1CCOCC1. The van der Waals surface area contributed by atoms with E-state index < -0.39 is 36.8 Å². The van der Waals surface area contributed by atoms with Crippen molar-refractivity contribution in [2.75, 3.05) is 58.3 Å². The molecule has 18 nitrogen and oxygen atoms in total. The first-order chi connectivity index (χ1) is 21.8. The quantitative estimate of drug-likeness (QED) is 0.0990. The number of nitrogen functional groups attached to an aromatic ring is 1. The molecule has 6 rings (SSSR count). The van der Waals surface area contributed by atoms with E-state index in [2.05, 4.69) is 9.97 Å². The van der Waals surface area contributed by atoms with Crippen LogP contribution in [0.2, 0.25) is 0 Å². The Morgan fingerprint density at radius 1 is 0.739 bits per heavy atom. The highest BCUT2D eigenvalue weighted by atomic mass is 32.2. The van der Waals surface area contributed by atoms with Crippen LogP contribution in [0.15, 0.2) is 46.2 Å². The number of ether oxygens (including phenoxy) is 2. The van der Waals surface area contributed by atoms with Gasteiger partial charge in [-0.3, -0.25) is 19.7 Å². The van der Waals surface area contributed by atoms with Gasteiger partial charge in [0.1, 0.15) is 26.7 Å². The number of carbonyl (C=O) groups is 2. The van der Waals surface area contributed by atoms with Crippen molar-refractivity contribution in [3.05, 3.63) is 57.9 Å². The Kier molecular flexibility index (Phi) is 9.02. The molecule has 2 aliphatic rings. The predicted octanol–water partition coefficient (Wildman–Crippen LogP) is 0.0658. The Labute approximate surface area is 261 Å². The zero-order chi connectivity index (χ0) is 33.4. The van der Waals surface area contributed by atoms with Gasteiger partial charge in [0, 0.05) is 43.0 Å².